The van der Waals surface area contributed by atoms with Gasteiger partial charge in [-0.15, -0.1) is 11.3 Å². The maximum Gasteiger partial charge on any atom is 0.250 e. The van der Waals surface area contributed by atoms with Gasteiger partial charge >= 0.3 is 0 Å². The van der Waals surface area contributed by atoms with Crippen molar-refractivity contribution in [2.75, 3.05) is 18.4 Å². The van der Waals surface area contributed by atoms with Crippen LogP contribution in [0.15, 0.2) is 46.0 Å². The molecule has 0 bridgehead atoms. The number of rotatable bonds is 6. The predicted octanol–water partition coefficient (Wildman–Crippen LogP) is 3.13. The molecule has 0 spiro atoms. The summed E-state index contributed by atoms with van der Waals surface area (Å²) in [7, 11) is -3.46. The van der Waals surface area contributed by atoms with E-state index in [1.807, 2.05) is 31.2 Å². The first-order valence-electron chi connectivity index (χ1n) is 9.39. The van der Waals surface area contributed by atoms with Gasteiger partial charge in [-0.3, -0.25) is 9.69 Å². The number of thiazole rings is 1. The lowest BCUT2D eigenvalue weighted by atomic mass is 10.0. The number of aromatic nitrogens is 1. The maximum atomic E-state index is 12.7. The van der Waals surface area contributed by atoms with Crippen LogP contribution in [0, 0.1) is 0 Å². The second kappa shape index (κ2) is 8.49. The highest BCUT2D eigenvalue weighted by Crippen LogP contribution is 2.26. The van der Waals surface area contributed by atoms with Crippen LogP contribution in [0.3, 0.4) is 0 Å². The van der Waals surface area contributed by atoms with Gasteiger partial charge in [-0.2, -0.15) is 0 Å². The van der Waals surface area contributed by atoms with Gasteiger partial charge in [0, 0.05) is 19.1 Å². The van der Waals surface area contributed by atoms with Crippen LogP contribution in [0.1, 0.15) is 19.8 Å². The number of hydrogen-bond donors (Lipinski definition) is 2. The molecule has 0 saturated carbocycles. The molecule has 4 rings (SSSR count). The molecule has 1 aromatic carbocycles. The van der Waals surface area contributed by atoms with Gasteiger partial charge in [0.1, 0.15) is 4.21 Å². The number of piperidine rings is 1. The number of hydrogen-bond acceptors (Lipinski definition) is 7. The number of nitrogens with one attached hydrogen (secondary N) is 2. The van der Waals surface area contributed by atoms with Crippen LogP contribution in [0.5, 0.6) is 0 Å². The number of nitrogens with zero attached hydrogens (tertiary/aromatic N) is 2. The minimum atomic E-state index is -3.46. The third kappa shape index (κ3) is 4.67. The number of amides is 1. The summed E-state index contributed by atoms with van der Waals surface area (Å²) in [4.78, 5) is 19.2. The zero-order chi connectivity index (χ0) is 20.4. The molecule has 1 aliphatic rings. The van der Waals surface area contributed by atoms with Crippen molar-refractivity contribution in [3.8, 4) is 0 Å². The van der Waals surface area contributed by atoms with Crippen molar-refractivity contribution in [1.82, 2.24) is 14.6 Å². The zero-order valence-corrected chi connectivity index (χ0v) is 18.3. The molecule has 1 amide bonds. The number of carbonyl (C=O) groups is 1. The second-order valence-corrected chi connectivity index (χ2v) is 10.9. The highest BCUT2D eigenvalue weighted by Gasteiger charge is 2.29. The molecule has 29 heavy (non-hydrogen) atoms. The summed E-state index contributed by atoms with van der Waals surface area (Å²) in [6.45, 7) is 3.19. The first kappa shape index (κ1) is 20.4. The van der Waals surface area contributed by atoms with Crippen LogP contribution in [0.2, 0.25) is 0 Å². The first-order chi connectivity index (χ1) is 13.9. The van der Waals surface area contributed by atoms with Crippen LogP contribution >= 0.6 is 22.7 Å². The van der Waals surface area contributed by atoms with Crippen molar-refractivity contribution >= 4 is 54.0 Å². The molecule has 3 aromatic rings. The first-order valence-corrected chi connectivity index (χ1v) is 12.6. The summed E-state index contributed by atoms with van der Waals surface area (Å²) in [6, 6.07) is 10.7. The number of benzene rings is 1. The van der Waals surface area contributed by atoms with Crippen molar-refractivity contribution in [2.45, 2.75) is 36.1 Å². The Morgan fingerprint density at radius 2 is 1.97 bits per heavy atom. The molecule has 0 aliphatic carbocycles. The number of anilines is 1. The number of sulfonamides is 1. The van der Waals surface area contributed by atoms with Gasteiger partial charge in [0.2, 0.25) is 15.9 Å². The number of carbonyl (C=O) groups excluding carboxylic acids is 1. The molecule has 0 radical (unpaired) electrons. The van der Waals surface area contributed by atoms with Gasteiger partial charge in [0.25, 0.3) is 0 Å². The molecule has 10 heteroatoms. The highest BCUT2D eigenvalue weighted by molar-refractivity contribution is 7.91. The lowest BCUT2D eigenvalue weighted by molar-refractivity contribution is -0.121. The van der Waals surface area contributed by atoms with E-state index in [0.29, 0.717) is 35.3 Å². The largest absolute Gasteiger partial charge is 0.301 e. The van der Waals surface area contributed by atoms with Gasteiger partial charge in [0.05, 0.1) is 16.3 Å². The monoisotopic (exact) mass is 450 g/mol. The fourth-order valence-electron chi connectivity index (χ4n) is 3.40. The van der Waals surface area contributed by atoms with Crippen molar-refractivity contribution in [1.29, 1.82) is 0 Å². The fraction of sp³-hybridized carbons (Fsp3) is 0.368. The van der Waals surface area contributed by atoms with Gasteiger partial charge < -0.3 is 5.32 Å². The van der Waals surface area contributed by atoms with E-state index in [9.17, 15) is 13.2 Å². The Morgan fingerprint density at radius 3 is 2.66 bits per heavy atom. The molecule has 1 unspecified atom stereocenters. The maximum absolute atomic E-state index is 12.7. The van der Waals surface area contributed by atoms with E-state index in [-0.39, 0.29) is 18.0 Å². The van der Waals surface area contributed by atoms with Gasteiger partial charge in [-0.05, 0) is 43.3 Å². The van der Waals surface area contributed by atoms with E-state index in [1.54, 1.807) is 17.5 Å². The molecule has 1 fully saturated rings. The Balaban J connectivity index is 1.31. The highest BCUT2D eigenvalue weighted by atomic mass is 32.2. The number of likely N-dealkylation sites (tertiary alicyclic amines) is 1. The van der Waals surface area contributed by atoms with Crippen LogP contribution in [-0.4, -0.2) is 49.4 Å². The van der Waals surface area contributed by atoms with Crippen molar-refractivity contribution in [3.05, 3.63) is 41.8 Å². The van der Waals surface area contributed by atoms with Crippen molar-refractivity contribution in [2.24, 2.45) is 0 Å². The second-order valence-electron chi connectivity index (χ2n) is 7.02. The quantitative estimate of drug-likeness (QED) is 0.602. The van der Waals surface area contributed by atoms with Gasteiger partial charge in [-0.25, -0.2) is 18.1 Å². The summed E-state index contributed by atoms with van der Waals surface area (Å²) in [5, 5.41) is 5.26. The Labute approximate surface area is 177 Å². The molecule has 2 aromatic heterocycles. The minimum Gasteiger partial charge on any atom is -0.301 e. The smallest absolute Gasteiger partial charge is 0.250 e. The SMILES string of the molecule is CC(C(=O)Nc1nc2ccccc2s1)N1CCC(NS(=O)(=O)c2cccs2)CC1. The lowest BCUT2D eigenvalue weighted by Gasteiger charge is -2.35. The fourth-order valence-corrected chi connectivity index (χ4v) is 6.58. The van der Waals surface area contributed by atoms with E-state index in [2.05, 4.69) is 19.9 Å². The van der Waals surface area contributed by atoms with Crippen LogP contribution in [-0.2, 0) is 14.8 Å². The van der Waals surface area contributed by atoms with Gasteiger partial charge in [0.15, 0.2) is 5.13 Å². The molecule has 1 saturated heterocycles. The average Bonchev–Trinajstić information content (AvgIpc) is 3.37. The molecule has 3 heterocycles. The van der Waals surface area contributed by atoms with E-state index >= 15 is 0 Å². The lowest BCUT2D eigenvalue weighted by Crippen LogP contribution is -2.50. The van der Waals surface area contributed by atoms with E-state index in [0.717, 1.165) is 10.2 Å². The minimum absolute atomic E-state index is 0.0957. The molecular formula is C19H22N4O3S3. The number of thiophene rings is 1. The van der Waals surface area contributed by atoms with Crippen LogP contribution in [0.4, 0.5) is 5.13 Å². The zero-order valence-electron chi connectivity index (χ0n) is 15.9. The molecule has 1 atom stereocenters. The third-order valence-electron chi connectivity index (χ3n) is 5.06. The van der Waals surface area contributed by atoms with E-state index < -0.39 is 10.0 Å². The summed E-state index contributed by atoms with van der Waals surface area (Å²) < 4.78 is 28.9. The number of fused-ring (bicyclic) bond motifs is 1. The summed E-state index contributed by atoms with van der Waals surface area (Å²) in [5.41, 5.74) is 0.874. The topological polar surface area (TPSA) is 91.4 Å². The summed E-state index contributed by atoms with van der Waals surface area (Å²) in [6.07, 6.45) is 1.34. The molecule has 7 nitrogen and oxygen atoms in total. The Bertz CT molecular complexity index is 1050. The number of para-hydroxylation sites is 1. The molecule has 154 valence electrons. The van der Waals surface area contributed by atoms with Crippen molar-refractivity contribution < 1.29 is 13.2 Å². The van der Waals surface area contributed by atoms with E-state index in [1.165, 1.54) is 22.7 Å². The molecule has 2 N–H and O–H groups in total. The third-order valence-corrected chi connectivity index (χ3v) is 8.93. The predicted molar refractivity (Wildman–Crippen MR) is 117 cm³/mol. The normalized spacial score (nSPS) is 17.4. The molecule has 1 aliphatic heterocycles. The summed E-state index contributed by atoms with van der Waals surface area (Å²) in [5.74, 6) is -0.0957. The summed E-state index contributed by atoms with van der Waals surface area (Å²) >= 11 is 2.67. The van der Waals surface area contributed by atoms with Crippen molar-refractivity contribution in [3.63, 3.8) is 0 Å². The standard InChI is InChI=1S/C19H22N4O3S3/c1-13(18(24)21-19-20-15-5-2-3-6-16(15)28-19)23-10-8-14(9-11-23)22-29(25,26)17-7-4-12-27-17/h2-7,12-14,22H,8-11H2,1H3,(H,20,21,24). The molecular weight excluding hydrogens is 428 g/mol. The van der Waals surface area contributed by atoms with Gasteiger partial charge in [-0.1, -0.05) is 29.5 Å². The van der Waals surface area contributed by atoms with E-state index in [4.69, 9.17) is 0 Å². The van der Waals surface area contributed by atoms with Crippen LogP contribution in [0.25, 0.3) is 10.2 Å². The Hall–Kier alpha value is -1.85. The Kier molecular flexibility index (Phi) is 5.98. The van der Waals surface area contributed by atoms with Crippen LogP contribution < -0.4 is 10.0 Å². The Morgan fingerprint density at radius 1 is 1.21 bits per heavy atom. The average molecular weight is 451 g/mol.